The van der Waals surface area contributed by atoms with E-state index in [0.29, 0.717) is 6.61 Å². The van der Waals surface area contributed by atoms with Gasteiger partial charge in [-0.3, -0.25) is 4.79 Å². The van der Waals surface area contributed by atoms with Gasteiger partial charge in [0.2, 0.25) is 5.91 Å². The molecule has 3 N–H and O–H groups in total. The van der Waals surface area contributed by atoms with E-state index in [1.54, 1.807) is 6.26 Å². The van der Waals surface area contributed by atoms with Crippen LogP contribution in [0.1, 0.15) is 34.6 Å². The van der Waals surface area contributed by atoms with Gasteiger partial charge in [0.15, 0.2) is 0 Å². The number of rotatable bonds is 8. The first-order valence-corrected chi connectivity index (χ1v) is 7.02. The number of hydrogen-bond donors (Lipinski definition) is 2. The monoisotopic (exact) mass is 280 g/mol. The smallest absolute Gasteiger partial charge is 0.237 e. The van der Waals surface area contributed by atoms with Crippen molar-refractivity contribution in [2.24, 2.45) is 11.7 Å². The van der Waals surface area contributed by atoms with Gasteiger partial charge in [-0.2, -0.15) is 0 Å². The minimum Gasteiger partial charge on any atom is -0.499 e. The first-order valence-electron chi connectivity index (χ1n) is 7.02. The normalized spacial score (nSPS) is 15.8. The number of amides is 1. The van der Waals surface area contributed by atoms with Gasteiger partial charge in [-0.1, -0.05) is 38.2 Å². The van der Waals surface area contributed by atoms with Crippen LogP contribution in [0.5, 0.6) is 0 Å². The van der Waals surface area contributed by atoms with E-state index < -0.39 is 6.04 Å². The Morgan fingerprint density at radius 3 is 2.50 bits per heavy atom. The third kappa shape index (κ3) is 8.53. The Kier molecular flexibility index (Phi) is 9.47. The van der Waals surface area contributed by atoms with E-state index in [9.17, 15) is 4.79 Å². The summed E-state index contributed by atoms with van der Waals surface area (Å²) in [5.74, 6) is -0.00760. The van der Waals surface area contributed by atoms with Crippen molar-refractivity contribution in [3.8, 4) is 0 Å². The van der Waals surface area contributed by atoms with Gasteiger partial charge in [-0.25, -0.2) is 0 Å². The fourth-order valence-electron chi connectivity index (χ4n) is 1.37. The molecule has 0 spiro atoms. The number of ether oxygens (including phenoxy) is 1. The van der Waals surface area contributed by atoms with Gasteiger partial charge in [0.05, 0.1) is 18.3 Å². The average Bonchev–Trinajstić information content (AvgIpc) is 2.37. The van der Waals surface area contributed by atoms with E-state index >= 15 is 0 Å². The molecule has 0 aliphatic carbocycles. The molecule has 20 heavy (non-hydrogen) atoms. The summed E-state index contributed by atoms with van der Waals surface area (Å²) >= 11 is 0. The van der Waals surface area contributed by atoms with Gasteiger partial charge in [0, 0.05) is 0 Å². The number of allylic oxidation sites excluding steroid dienone is 5. The molecule has 1 unspecified atom stereocenters. The second-order valence-electron chi connectivity index (χ2n) is 5.26. The Morgan fingerprint density at radius 2 is 1.95 bits per heavy atom. The third-order valence-electron chi connectivity index (χ3n) is 2.69. The third-order valence-corrected chi connectivity index (χ3v) is 2.69. The highest BCUT2D eigenvalue weighted by atomic mass is 16.5. The molecular formula is C16H28N2O2. The molecule has 4 heteroatoms. The summed E-state index contributed by atoms with van der Waals surface area (Å²) in [6.45, 7) is 10.1. The molecule has 0 aliphatic rings. The van der Waals surface area contributed by atoms with Gasteiger partial charge >= 0.3 is 0 Å². The molecule has 0 saturated heterocycles. The zero-order valence-electron chi connectivity index (χ0n) is 13.2. The molecule has 0 aliphatic heterocycles. The molecule has 4 nitrogen and oxygen atoms in total. The van der Waals surface area contributed by atoms with E-state index in [4.69, 9.17) is 10.5 Å². The molecule has 0 heterocycles. The molecule has 0 rings (SSSR count). The zero-order chi connectivity index (χ0) is 15.5. The lowest BCUT2D eigenvalue weighted by atomic mass is 10.0. The van der Waals surface area contributed by atoms with Crippen molar-refractivity contribution in [1.82, 2.24) is 5.32 Å². The lowest BCUT2D eigenvalue weighted by molar-refractivity contribution is -0.124. The van der Waals surface area contributed by atoms with Crippen LogP contribution in [-0.2, 0) is 9.53 Å². The maximum absolute atomic E-state index is 11.7. The maximum atomic E-state index is 11.7. The highest BCUT2D eigenvalue weighted by Crippen LogP contribution is 2.00. The van der Waals surface area contributed by atoms with Crippen molar-refractivity contribution in [3.63, 3.8) is 0 Å². The highest BCUT2D eigenvalue weighted by molar-refractivity contribution is 5.81. The van der Waals surface area contributed by atoms with Crippen molar-refractivity contribution in [2.75, 3.05) is 6.61 Å². The Labute approximate surface area is 122 Å². The number of nitrogens with two attached hydrogens (primary N) is 1. The molecule has 0 fully saturated rings. The predicted molar refractivity (Wildman–Crippen MR) is 84.1 cm³/mol. The second kappa shape index (κ2) is 10.3. The zero-order valence-corrected chi connectivity index (χ0v) is 13.2. The predicted octanol–water partition coefficient (Wildman–Crippen LogP) is 2.53. The maximum Gasteiger partial charge on any atom is 0.237 e. The van der Waals surface area contributed by atoms with Crippen LogP contribution in [-0.4, -0.2) is 24.6 Å². The number of carbonyl (C=O) groups excluding carboxylic acids is 1. The van der Waals surface area contributed by atoms with Gasteiger partial charge in [-0.15, -0.1) is 0 Å². The van der Waals surface area contributed by atoms with E-state index in [2.05, 4.69) is 5.32 Å². The molecule has 114 valence electrons. The summed E-state index contributed by atoms with van der Waals surface area (Å²) in [5, 5.41) is 2.84. The van der Waals surface area contributed by atoms with Crippen molar-refractivity contribution < 1.29 is 9.53 Å². The summed E-state index contributed by atoms with van der Waals surface area (Å²) in [6, 6.07) is -0.547. The van der Waals surface area contributed by atoms with Gasteiger partial charge < -0.3 is 15.8 Å². The summed E-state index contributed by atoms with van der Waals surface area (Å²) in [4.78, 5) is 11.7. The van der Waals surface area contributed by atoms with Gasteiger partial charge in [0.25, 0.3) is 0 Å². The summed E-state index contributed by atoms with van der Waals surface area (Å²) in [7, 11) is 0. The van der Waals surface area contributed by atoms with Crippen molar-refractivity contribution in [3.05, 3.63) is 36.1 Å². The Balaban J connectivity index is 4.08. The van der Waals surface area contributed by atoms with Crippen LogP contribution in [0.2, 0.25) is 0 Å². The summed E-state index contributed by atoms with van der Waals surface area (Å²) in [5.41, 5.74) is 6.79. The largest absolute Gasteiger partial charge is 0.499 e. The number of hydrogen-bond acceptors (Lipinski definition) is 3. The van der Waals surface area contributed by atoms with E-state index in [0.717, 1.165) is 5.57 Å². The molecule has 1 amide bonds. The van der Waals surface area contributed by atoms with Gasteiger partial charge in [-0.05, 0) is 32.3 Å². The standard InChI is InChI=1S/C16H28N2O2/c1-6-7-8-9-13(4)10-20-11-14(5)18-16(19)15(17)12(2)3/h6-10,12,14-15H,11,17H2,1-5H3,(H,18,19)/b7-6+,9-8-,13-10+/t14?,15-/m1/s1. The molecule has 0 bridgehead atoms. The SMILES string of the molecule is C/C=C/C=C\C(C)=C\OCC(C)NC(=O)[C@H](N)C(C)C. The van der Waals surface area contributed by atoms with Gasteiger partial charge in [0.1, 0.15) is 6.61 Å². The lowest BCUT2D eigenvalue weighted by Gasteiger charge is -2.19. The van der Waals surface area contributed by atoms with Crippen molar-refractivity contribution in [1.29, 1.82) is 0 Å². The summed E-state index contributed by atoms with van der Waals surface area (Å²) in [6.07, 6.45) is 9.50. The fourth-order valence-corrected chi connectivity index (χ4v) is 1.37. The minimum atomic E-state index is -0.474. The topological polar surface area (TPSA) is 64.3 Å². The van der Waals surface area contributed by atoms with E-state index in [-0.39, 0.29) is 17.9 Å². The highest BCUT2D eigenvalue weighted by Gasteiger charge is 2.18. The Bertz CT molecular complexity index is 371. The van der Waals surface area contributed by atoms with Crippen LogP contribution in [0.3, 0.4) is 0 Å². The average molecular weight is 280 g/mol. The Morgan fingerprint density at radius 1 is 1.30 bits per heavy atom. The minimum absolute atomic E-state index is 0.0733. The summed E-state index contributed by atoms with van der Waals surface area (Å²) < 4.78 is 5.44. The first-order chi connectivity index (χ1) is 9.38. The van der Waals surface area contributed by atoms with Crippen LogP contribution >= 0.6 is 0 Å². The Hall–Kier alpha value is -1.55. The van der Waals surface area contributed by atoms with Crippen molar-refractivity contribution >= 4 is 5.91 Å². The van der Waals surface area contributed by atoms with Crippen molar-refractivity contribution in [2.45, 2.75) is 46.7 Å². The molecule has 0 aromatic carbocycles. The first kappa shape index (κ1) is 18.4. The number of carbonyl (C=O) groups is 1. The fraction of sp³-hybridized carbons (Fsp3) is 0.562. The molecule has 2 atom stereocenters. The van der Waals surface area contributed by atoms with Crippen LogP contribution in [0.25, 0.3) is 0 Å². The second-order valence-corrected chi connectivity index (χ2v) is 5.26. The van der Waals surface area contributed by atoms with Crippen LogP contribution in [0, 0.1) is 5.92 Å². The quantitative estimate of drug-likeness (QED) is 0.530. The van der Waals surface area contributed by atoms with E-state index in [1.165, 1.54) is 0 Å². The van der Waals surface area contributed by atoms with Crippen LogP contribution < -0.4 is 11.1 Å². The lowest BCUT2D eigenvalue weighted by Crippen LogP contribution is -2.48. The molecule has 0 aromatic rings. The molecule has 0 radical (unpaired) electrons. The molecule has 0 aromatic heterocycles. The van der Waals surface area contributed by atoms with Crippen LogP contribution in [0.15, 0.2) is 36.1 Å². The molecule has 0 saturated carbocycles. The van der Waals surface area contributed by atoms with Crippen LogP contribution in [0.4, 0.5) is 0 Å². The molecular weight excluding hydrogens is 252 g/mol. The van der Waals surface area contributed by atoms with E-state index in [1.807, 2.05) is 58.9 Å². The number of nitrogens with one attached hydrogen (secondary N) is 1.